The number of aliphatic hydroxyl groups is 1. The van der Waals surface area contributed by atoms with E-state index in [4.69, 9.17) is 4.98 Å². The van der Waals surface area contributed by atoms with E-state index in [9.17, 15) is 5.11 Å². The lowest BCUT2D eigenvalue weighted by Crippen LogP contribution is -2.22. The number of fused-ring (bicyclic) bond motifs is 1. The van der Waals surface area contributed by atoms with E-state index in [-0.39, 0.29) is 6.10 Å². The minimum absolute atomic E-state index is 0.303. The van der Waals surface area contributed by atoms with Crippen molar-refractivity contribution in [1.29, 1.82) is 0 Å². The van der Waals surface area contributed by atoms with E-state index >= 15 is 0 Å². The van der Waals surface area contributed by atoms with Crippen LogP contribution in [0.3, 0.4) is 0 Å². The van der Waals surface area contributed by atoms with E-state index in [1.165, 1.54) is 5.52 Å². The van der Waals surface area contributed by atoms with Gasteiger partial charge in [0, 0.05) is 13.0 Å². The third-order valence-electron chi connectivity index (χ3n) is 3.97. The van der Waals surface area contributed by atoms with E-state index in [1.54, 1.807) is 0 Å². The molecule has 2 atom stereocenters. The molecule has 0 radical (unpaired) electrons. The predicted octanol–water partition coefficient (Wildman–Crippen LogP) is 3.79. The first kappa shape index (κ1) is 15.0. The first-order valence-electron chi connectivity index (χ1n) is 7.79. The molecule has 2 unspecified atom stereocenters. The van der Waals surface area contributed by atoms with Gasteiger partial charge >= 0.3 is 0 Å². The van der Waals surface area contributed by atoms with E-state index < -0.39 is 0 Å². The number of nitrogens with zero attached hydrogens (tertiary/aromatic N) is 2. The fraction of sp³-hybridized carbons (Fsp3) is 0.588. The zero-order valence-corrected chi connectivity index (χ0v) is 12.8. The van der Waals surface area contributed by atoms with Gasteiger partial charge in [-0.1, -0.05) is 39.3 Å². The quantitative estimate of drug-likeness (QED) is 0.834. The van der Waals surface area contributed by atoms with Gasteiger partial charge in [0.1, 0.15) is 5.82 Å². The Labute approximate surface area is 121 Å². The van der Waals surface area contributed by atoms with Crippen LogP contribution in [0.1, 0.15) is 45.9 Å². The second-order valence-electron chi connectivity index (χ2n) is 5.71. The maximum absolute atomic E-state index is 10.4. The summed E-state index contributed by atoms with van der Waals surface area (Å²) in [7, 11) is 0. The van der Waals surface area contributed by atoms with Crippen molar-refractivity contribution in [2.24, 2.45) is 5.92 Å². The van der Waals surface area contributed by atoms with Crippen molar-refractivity contribution in [2.45, 2.75) is 59.1 Å². The molecule has 3 heteroatoms. The Morgan fingerprint density at radius 1 is 1.20 bits per heavy atom. The fourth-order valence-electron chi connectivity index (χ4n) is 2.79. The van der Waals surface area contributed by atoms with Crippen molar-refractivity contribution >= 4 is 11.0 Å². The Morgan fingerprint density at radius 3 is 2.65 bits per heavy atom. The first-order chi connectivity index (χ1) is 9.67. The number of benzene rings is 1. The van der Waals surface area contributed by atoms with Crippen LogP contribution in [-0.4, -0.2) is 20.8 Å². The zero-order valence-electron chi connectivity index (χ0n) is 12.8. The van der Waals surface area contributed by atoms with E-state index in [0.29, 0.717) is 12.3 Å². The summed E-state index contributed by atoms with van der Waals surface area (Å²) >= 11 is 0. The Morgan fingerprint density at radius 2 is 1.95 bits per heavy atom. The van der Waals surface area contributed by atoms with Crippen LogP contribution in [0.2, 0.25) is 0 Å². The summed E-state index contributed by atoms with van der Waals surface area (Å²) in [5.41, 5.74) is 2.21. The number of aromatic nitrogens is 2. The summed E-state index contributed by atoms with van der Waals surface area (Å²) in [5.74, 6) is 1.35. The summed E-state index contributed by atoms with van der Waals surface area (Å²) in [6, 6.07) is 8.23. The molecule has 0 aliphatic carbocycles. The average molecular weight is 274 g/mol. The summed E-state index contributed by atoms with van der Waals surface area (Å²) in [5, 5.41) is 10.4. The molecular formula is C17H26N2O. The topological polar surface area (TPSA) is 38.1 Å². The van der Waals surface area contributed by atoms with E-state index in [1.807, 2.05) is 12.1 Å². The van der Waals surface area contributed by atoms with Gasteiger partial charge in [0.25, 0.3) is 0 Å². The molecule has 0 saturated carbocycles. The summed E-state index contributed by atoms with van der Waals surface area (Å²) in [4.78, 5) is 4.72. The third kappa shape index (κ3) is 3.21. The van der Waals surface area contributed by atoms with Gasteiger partial charge in [-0.3, -0.25) is 0 Å². The largest absolute Gasteiger partial charge is 0.392 e. The molecular weight excluding hydrogens is 248 g/mol. The highest BCUT2D eigenvalue weighted by Gasteiger charge is 2.18. The highest BCUT2D eigenvalue weighted by Crippen LogP contribution is 2.20. The number of aliphatic hydroxyl groups excluding tert-OH is 1. The van der Waals surface area contributed by atoms with Crippen molar-refractivity contribution < 1.29 is 5.11 Å². The normalized spacial score (nSPS) is 14.6. The Kier molecular flexibility index (Phi) is 5.18. The molecule has 1 heterocycles. The van der Waals surface area contributed by atoms with Crippen molar-refractivity contribution in [3.05, 3.63) is 30.1 Å². The third-order valence-corrected chi connectivity index (χ3v) is 3.97. The van der Waals surface area contributed by atoms with Gasteiger partial charge in [0.2, 0.25) is 0 Å². The Hall–Kier alpha value is -1.35. The fourth-order valence-corrected chi connectivity index (χ4v) is 2.79. The molecule has 3 nitrogen and oxygen atoms in total. The second kappa shape index (κ2) is 6.89. The van der Waals surface area contributed by atoms with Gasteiger partial charge in [0.15, 0.2) is 0 Å². The van der Waals surface area contributed by atoms with Crippen molar-refractivity contribution in [2.75, 3.05) is 0 Å². The molecule has 0 aliphatic heterocycles. The molecule has 0 spiro atoms. The Balaban J connectivity index is 2.26. The number of rotatable bonds is 7. The molecule has 2 rings (SSSR count). The molecule has 1 aromatic heterocycles. The van der Waals surface area contributed by atoms with Crippen LogP contribution in [0.4, 0.5) is 0 Å². The number of hydrogen-bond acceptors (Lipinski definition) is 2. The van der Waals surface area contributed by atoms with Crippen molar-refractivity contribution in [1.82, 2.24) is 9.55 Å². The highest BCUT2D eigenvalue weighted by molar-refractivity contribution is 5.75. The first-order valence-corrected chi connectivity index (χ1v) is 7.79. The predicted molar refractivity (Wildman–Crippen MR) is 83.8 cm³/mol. The van der Waals surface area contributed by atoms with Gasteiger partial charge < -0.3 is 9.67 Å². The van der Waals surface area contributed by atoms with Gasteiger partial charge in [-0.25, -0.2) is 4.98 Å². The van der Waals surface area contributed by atoms with Crippen LogP contribution in [0.15, 0.2) is 24.3 Å². The standard InChI is InChI=1S/C17H26N2O/c1-4-8-13(3)16(20)12-17-18-14-9-6-7-10-15(14)19(17)11-5-2/h6-7,9-10,13,16,20H,4-5,8,11-12H2,1-3H3. The number of para-hydroxylation sites is 2. The Bertz CT molecular complexity index is 547. The minimum atomic E-state index is -0.303. The number of aryl methyl sites for hydroxylation is 1. The molecule has 110 valence electrons. The van der Waals surface area contributed by atoms with Crippen LogP contribution in [0.5, 0.6) is 0 Å². The SMILES string of the molecule is CCCC(C)C(O)Cc1nc2ccccc2n1CCC. The minimum Gasteiger partial charge on any atom is -0.392 e. The van der Waals surface area contributed by atoms with Gasteiger partial charge in [-0.05, 0) is 30.9 Å². The van der Waals surface area contributed by atoms with Crippen LogP contribution >= 0.6 is 0 Å². The van der Waals surface area contributed by atoms with Crippen molar-refractivity contribution in [3.8, 4) is 0 Å². The molecule has 20 heavy (non-hydrogen) atoms. The zero-order chi connectivity index (χ0) is 14.5. The lowest BCUT2D eigenvalue weighted by molar-refractivity contribution is 0.109. The summed E-state index contributed by atoms with van der Waals surface area (Å²) in [6.07, 6.45) is 3.60. The monoisotopic (exact) mass is 274 g/mol. The summed E-state index contributed by atoms with van der Waals surface area (Å²) < 4.78 is 2.26. The van der Waals surface area contributed by atoms with E-state index in [0.717, 1.165) is 37.1 Å². The van der Waals surface area contributed by atoms with Gasteiger partial charge in [-0.2, -0.15) is 0 Å². The van der Waals surface area contributed by atoms with Gasteiger partial charge in [-0.15, -0.1) is 0 Å². The smallest absolute Gasteiger partial charge is 0.112 e. The maximum atomic E-state index is 10.4. The maximum Gasteiger partial charge on any atom is 0.112 e. The number of hydrogen-bond donors (Lipinski definition) is 1. The summed E-state index contributed by atoms with van der Waals surface area (Å²) in [6.45, 7) is 7.43. The van der Waals surface area contributed by atoms with Gasteiger partial charge in [0.05, 0.1) is 17.1 Å². The molecule has 0 saturated heterocycles. The van der Waals surface area contributed by atoms with Crippen LogP contribution in [0, 0.1) is 5.92 Å². The lowest BCUT2D eigenvalue weighted by atomic mass is 9.97. The van der Waals surface area contributed by atoms with Crippen LogP contribution in [0.25, 0.3) is 11.0 Å². The molecule has 1 aromatic carbocycles. The molecule has 0 fully saturated rings. The average Bonchev–Trinajstić information content (AvgIpc) is 2.78. The molecule has 2 aromatic rings. The molecule has 0 amide bonds. The molecule has 1 N–H and O–H groups in total. The van der Waals surface area contributed by atoms with Crippen LogP contribution < -0.4 is 0 Å². The highest BCUT2D eigenvalue weighted by atomic mass is 16.3. The number of imidazole rings is 1. The van der Waals surface area contributed by atoms with E-state index in [2.05, 4.69) is 37.5 Å². The van der Waals surface area contributed by atoms with Crippen molar-refractivity contribution in [3.63, 3.8) is 0 Å². The lowest BCUT2D eigenvalue weighted by Gasteiger charge is -2.18. The van der Waals surface area contributed by atoms with Crippen LogP contribution in [-0.2, 0) is 13.0 Å². The molecule has 0 aliphatic rings. The second-order valence-corrected chi connectivity index (χ2v) is 5.71. The molecule has 0 bridgehead atoms.